The molecule has 0 radical (unpaired) electrons. The Labute approximate surface area is 264 Å². The molecule has 7 heteroatoms. The van der Waals surface area contributed by atoms with E-state index in [1.54, 1.807) is 25.1 Å². The minimum absolute atomic E-state index is 0.0394. The van der Waals surface area contributed by atoms with Crippen molar-refractivity contribution in [2.24, 2.45) is 11.7 Å². The van der Waals surface area contributed by atoms with Gasteiger partial charge in [0.05, 0.1) is 5.56 Å². The standard InChI is InChI=1S/C18H20O3S.C10H21N.C8H10N2/c1-3-4-16-17(10-9-15(12(2)19)18(16)20)21-11-13-5-7-14(22)8-6-13;1-8(2)6-5-7-9(3)10(4)11;1-6(9)7-3-2-4-8(10)5-7/h5-10,20,22H,3-4,11H2,1-2H3;8,10H,3,5-7,11H2,1-2,4H3;2-5,9H,10H2,1H3. The lowest BCUT2D eigenvalue weighted by Gasteiger charge is -2.14. The van der Waals surface area contributed by atoms with Crippen LogP contribution in [0.25, 0.3) is 0 Å². The smallest absolute Gasteiger partial charge is 0.163 e. The van der Waals surface area contributed by atoms with Crippen molar-refractivity contribution < 1.29 is 14.6 Å². The number of nitrogens with one attached hydrogen (secondary N) is 1. The summed E-state index contributed by atoms with van der Waals surface area (Å²) in [5, 5.41) is 17.6. The molecular weight excluding hydrogens is 554 g/mol. The summed E-state index contributed by atoms with van der Waals surface area (Å²) in [6.07, 6.45) is 5.14. The number of nitrogen functional groups attached to an aromatic ring is 1. The van der Waals surface area contributed by atoms with E-state index in [0.29, 0.717) is 41.3 Å². The van der Waals surface area contributed by atoms with Crippen molar-refractivity contribution in [2.75, 3.05) is 5.73 Å². The van der Waals surface area contributed by atoms with E-state index in [0.717, 1.165) is 34.8 Å². The first kappa shape index (κ1) is 37.5. The van der Waals surface area contributed by atoms with Crippen LogP contribution in [0, 0.1) is 11.3 Å². The average Bonchev–Trinajstić information content (AvgIpc) is 2.94. The Morgan fingerprint density at radius 3 is 2.21 bits per heavy atom. The summed E-state index contributed by atoms with van der Waals surface area (Å²) in [6.45, 7) is 16.0. The second-order valence-electron chi connectivity index (χ2n) is 11.2. The molecule has 0 amide bonds. The van der Waals surface area contributed by atoms with Gasteiger partial charge in [-0.3, -0.25) is 4.79 Å². The third-order valence-corrected chi connectivity index (χ3v) is 6.99. The maximum atomic E-state index is 11.5. The summed E-state index contributed by atoms with van der Waals surface area (Å²) in [4.78, 5) is 12.4. The topological polar surface area (TPSA) is 122 Å². The maximum absolute atomic E-state index is 11.5. The fourth-order valence-electron chi connectivity index (χ4n) is 4.02. The predicted molar refractivity (Wildman–Crippen MR) is 185 cm³/mol. The number of rotatable bonds is 12. The van der Waals surface area contributed by atoms with Crippen molar-refractivity contribution in [1.82, 2.24) is 0 Å². The number of anilines is 1. The van der Waals surface area contributed by atoms with Crippen molar-refractivity contribution >= 4 is 29.8 Å². The highest BCUT2D eigenvalue weighted by Gasteiger charge is 2.16. The molecule has 0 bridgehead atoms. The Balaban J connectivity index is 0.000000368. The van der Waals surface area contributed by atoms with Crippen LogP contribution in [-0.2, 0) is 13.0 Å². The van der Waals surface area contributed by atoms with E-state index in [9.17, 15) is 9.90 Å². The van der Waals surface area contributed by atoms with Gasteiger partial charge in [0.1, 0.15) is 18.1 Å². The summed E-state index contributed by atoms with van der Waals surface area (Å²) in [5.74, 6) is 1.32. The first-order valence-electron chi connectivity index (χ1n) is 14.9. The third-order valence-electron chi connectivity index (χ3n) is 6.69. The second-order valence-corrected chi connectivity index (χ2v) is 11.7. The van der Waals surface area contributed by atoms with Crippen LogP contribution in [0.4, 0.5) is 5.69 Å². The van der Waals surface area contributed by atoms with E-state index in [1.807, 2.05) is 56.3 Å². The maximum Gasteiger partial charge on any atom is 0.163 e. The number of nitrogens with two attached hydrogens (primary N) is 2. The molecule has 0 saturated carbocycles. The quantitative estimate of drug-likeness (QED) is 0.0464. The molecule has 6 nitrogen and oxygen atoms in total. The van der Waals surface area contributed by atoms with E-state index in [1.165, 1.54) is 25.3 Å². The number of ether oxygens (including phenoxy) is 1. The molecule has 3 aromatic rings. The molecule has 0 heterocycles. The number of aromatic hydroxyl groups is 1. The number of carbonyl (C=O) groups is 1. The molecular formula is C36H51N3O3S. The Kier molecular flexibility index (Phi) is 17.1. The fraction of sp³-hybridized carbons (Fsp3) is 0.389. The molecule has 6 N–H and O–H groups in total. The van der Waals surface area contributed by atoms with E-state index < -0.39 is 0 Å². The van der Waals surface area contributed by atoms with Crippen LogP contribution < -0.4 is 16.2 Å². The summed E-state index contributed by atoms with van der Waals surface area (Å²) >= 11 is 4.25. The Bertz CT molecular complexity index is 1320. The number of phenolic OH excluding ortho intramolecular Hbond substituents is 1. The largest absolute Gasteiger partial charge is 0.507 e. The zero-order valence-electron chi connectivity index (χ0n) is 26.7. The zero-order chi connectivity index (χ0) is 32.5. The molecule has 43 heavy (non-hydrogen) atoms. The predicted octanol–water partition coefficient (Wildman–Crippen LogP) is 8.79. The molecule has 3 rings (SSSR count). The average molecular weight is 606 g/mol. The normalized spacial score (nSPS) is 11.0. The van der Waals surface area contributed by atoms with Gasteiger partial charge in [-0.2, -0.15) is 0 Å². The number of carbonyl (C=O) groups excluding carboxylic acids is 1. The Hall–Kier alpha value is -3.55. The van der Waals surface area contributed by atoms with Gasteiger partial charge >= 0.3 is 0 Å². The number of phenols is 1. The third kappa shape index (κ3) is 14.5. The van der Waals surface area contributed by atoms with Gasteiger partial charge in [-0.1, -0.05) is 70.0 Å². The van der Waals surface area contributed by atoms with Crippen LogP contribution in [0.2, 0.25) is 0 Å². The molecule has 0 saturated heterocycles. The van der Waals surface area contributed by atoms with Crippen molar-refractivity contribution in [1.29, 1.82) is 5.41 Å². The Morgan fingerprint density at radius 1 is 1.07 bits per heavy atom. The van der Waals surface area contributed by atoms with Crippen molar-refractivity contribution in [3.8, 4) is 11.5 Å². The monoisotopic (exact) mass is 605 g/mol. The number of benzene rings is 3. The van der Waals surface area contributed by atoms with Gasteiger partial charge in [0, 0.05) is 27.9 Å². The number of Topliss-reactive ketones (excluding diaryl/α,β-unsaturated/α-hetero) is 1. The van der Waals surface area contributed by atoms with E-state index >= 15 is 0 Å². The van der Waals surface area contributed by atoms with Crippen LogP contribution in [0.3, 0.4) is 0 Å². The van der Waals surface area contributed by atoms with E-state index in [-0.39, 0.29) is 17.6 Å². The summed E-state index contributed by atoms with van der Waals surface area (Å²) in [6, 6.07) is 18.6. The molecule has 234 valence electrons. The molecule has 0 aromatic heterocycles. The van der Waals surface area contributed by atoms with Crippen LogP contribution >= 0.6 is 12.6 Å². The van der Waals surface area contributed by atoms with Crippen LogP contribution in [0.15, 0.2) is 77.7 Å². The number of ketones is 1. The molecule has 0 aliphatic rings. The zero-order valence-corrected chi connectivity index (χ0v) is 27.6. The summed E-state index contributed by atoms with van der Waals surface area (Å²) < 4.78 is 5.83. The first-order chi connectivity index (χ1) is 20.3. The highest BCUT2D eigenvalue weighted by molar-refractivity contribution is 7.80. The molecule has 0 aliphatic carbocycles. The van der Waals surface area contributed by atoms with Gasteiger partial charge in [0.2, 0.25) is 0 Å². The lowest BCUT2D eigenvalue weighted by molar-refractivity contribution is 0.101. The van der Waals surface area contributed by atoms with Gasteiger partial charge in [-0.15, -0.1) is 12.6 Å². The highest BCUT2D eigenvalue weighted by Crippen LogP contribution is 2.33. The van der Waals surface area contributed by atoms with Crippen molar-refractivity contribution in [3.63, 3.8) is 0 Å². The van der Waals surface area contributed by atoms with Gasteiger partial charge < -0.3 is 26.7 Å². The molecule has 3 aromatic carbocycles. The molecule has 0 aliphatic heterocycles. The van der Waals surface area contributed by atoms with Crippen LogP contribution in [0.5, 0.6) is 11.5 Å². The lowest BCUT2D eigenvalue weighted by atomic mass is 10.0. The van der Waals surface area contributed by atoms with Gasteiger partial charge in [0.15, 0.2) is 5.78 Å². The summed E-state index contributed by atoms with van der Waals surface area (Å²) in [5.41, 5.74) is 16.5. The SMILES string of the molecule is C=C(CCCC(C)C)C(C)N.CC(=N)c1cccc(N)c1.CCCc1c(OCc2ccc(S)cc2)ccc(C(C)=O)c1O. The van der Waals surface area contributed by atoms with Gasteiger partial charge in [0.25, 0.3) is 0 Å². The molecule has 1 unspecified atom stereocenters. The number of hydrogen-bond donors (Lipinski definition) is 5. The van der Waals surface area contributed by atoms with Crippen LogP contribution in [0.1, 0.15) is 94.3 Å². The highest BCUT2D eigenvalue weighted by atomic mass is 32.1. The molecule has 1 atom stereocenters. The number of thiol groups is 1. The van der Waals surface area contributed by atoms with Gasteiger partial charge in [-0.25, -0.2) is 0 Å². The van der Waals surface area contributed by atoms with E-state index in [4.69, 9.17) is 21.6 Å². The second kappa shape index (κ2) is 19.6. The van der Waals surface area contributed by atoms with Crippen molar-refractivity contribution in [2.45, 2.75) is 91.2 Å². The van der Waals surface area contributed by atoms with Crippen LogP contribution in [-0.4, -0.2) is 22.6 Å². The summed E-state index contributed by atoms with van der Waals surface area (Å²) in [7, 11) is 0. The van der Waals surface area contributed by atoms with E-state index in [2.05, 4.69) is 33.1 Å². The number of hydrogen-bond acceptors (Lipinski definition) is 7. The van der Waals surface area contributed by atoms with Crippen molar-refractivity contribution in [3.05, 3.63) is 95.1 Å². The van der Waals surface area contributed by atoms with Gasteiger partial charge in [-0.05, 0) is 93.5 Å². The minimum atomic E-state index is -0.147. The lowest BCUT2D eigenvalue weighted by Crippen LogP contribution is -2.17. The first-order valence-corrected chi connectivity index (χ1v) is 15.3. The Morgan fingerprint density at radius 2 is 1.72 bits per heavy atom. The minimum Gasteiger partial charge on any atom is -0.507 e. The molecule has 0 fully saturated rings. The molecule has 0 spiro atoms. The fourth-order valence-corrected chi connectivity index (χ4v) is 4.17.